The molecule has 1 aromatic heterocycles. The Morgan fingerprint density at radius 2 is 2.03 bits per heavy atom. The van der Waals surface area contributed by atoms with E-state index in [2.05, 4.69) is 20.5 Å². The lowest BCUT2D eigenvalue weighted by Crippen LogP contribution is -2.35. The van der Waals surface area contributed by atoms with Crippen molar-refractivity contribution in [1.29, 1.82) is 0 Å². The number of ether oxygens (including phenoxy) is 2. The molecule has 1 aliphatic carbocycles. The molecule has 3 heterocycles. The van der Waals surface area contributed by atoms with Crippen LogP contribution in [0.15, 0.2) is 40.6 Å². The molecule has 2 aromatic rings. The van der Waals surface area contributed by atoms with E-state index in [9.17, 15) is 8.78 Å². The number of hydrogen-bond acceptors (Lipinski definition) is 8. The van der Waals surface area contributed by atoms with Gasteiger partial charge >= 0.3 is 0 Å². The maximum Gasteiger partial charge on any atom is 0.280 e. The summed E-state index contributed by atoms with van der Waals surface area (Å²) in [6.45, 7) is 1.90. The van der Waals surface area contributed by atoms with E-state index in [0.717, 1.165) is 5.17 Å². The first-order chi connectivity index (χ1) is 16.3. The van der Waals surface area contributed by atoms with Crippen LogP contribution in [-0.2, 0) is 4.74 Å². The normalized spacial score (nSPS) is 23.9. The van der Waals surface area contributed by atoms with E-state index in [1.54, 1.807) is 16.8 Å². The third kappa shape index (κ3) is 4.41. The van der Waals surface area contributed by atoms with Crippen molar-refractivity contribution in [1.82, 2.24) is 20.4 Å². The Morgan fingerprint density at radius 1 is 1.24 bits per heavy atom. The lowest BCUT2D eigenvalue weighted by molar-refractivity contribution is 0.0961. The predicted octanol–water partition coefficient (Wildman–Crippen LogP) is 4.57. The van der Waals surface area contributed by atoms with Crippen LogP contribution in [-0.4, -0.2) is 58.9 Å². The fourth-order valence-electron chi connectivity index (χ4n) is 3.93. The van der Waals surface area contributed by atoms with Gasteiger partial charge in [-0.3, -0.25) is 15.4 Å². The third-order valence-electron chi connectivity index (χ3n) is 6.06. The van der Waals surface area contributed by atoms with Crippen LogP contribution in [0.2, 0.25) is 0 Å². The van der Waals surface area contributed by atoms with Crippen LogP contribution in [0.4, 0.5) is 14.5 Å². The SMILES string of the molecule is COc1cnc(C(F)F)cc1-c1cc(C2=NN(C)C(C)O2)ccc1N=C1NN(C)C(C2CC2)S1. The van der Waals surface area contributed by atoms with Crippen molar-refractivity contribution < 1.29 is 18.3 Å². The number of nitrogens with zero attached hydrogens (tertiary/aromatic N) is 5. The maximum absolute atomic E-state index is 13.5. The minimum atomic E-state index is -2.71. The molecule has 2 aliphatic heterocycles. The first-order valence-corrected chi connectivity index (χ1v) is 11.9. The molecule has 34 heavy (non-hydrogen) atoms. The van der Waals surface area contributed by atoms with Gasteiger partial charge in [0.05, 0.1) is 24.4 Å². The monoisotopic (exact) mass is 488 g/mol. The number of alkyl halides is 2. The molecule has 11 heteroatoms. The number of hydrazone groups is 1. The zero-order valence-corrected chi connectivity index (χ0v) is 20.1. The zero-order chi connectivity index (χ0) is 24.0. The van der Waals surface area contributed by atoms with Gasteiger partial charge in [-0.2, -0.15) is 0 Å². The van der Waals surface area contributed by atoms with Gasteiger partial charge in [0, 0.05) is 30.8 Å². The summed E-state index contributed by atoms with van der Waals surface area (Å²) in [7, 11) is 5.33. The maximum atomic E-state index is 13.5. The second kappa shape index (κ2) is 9.03. The third-order valence-corrected chi connectivity index (χ3v) is 7.40. The predicted molar refractivity (Wildman–Crippen MR) is 128 cm³/mol. The van der Waals surface area contributed by atoms with Crippen LogP contribution < -0.4 is 10.2 Å². The summed E-state index contributed by atoms with van der Waals surface area (Å²) in [5.74, 6) is 1.49. The molecule has 1 N–H and O–H groups in total. The number of methoxy groups -OCH3 is 1. The van der Waals surface area contributed by atoms with Crippen molar-refractivity contribution in [2.24, 2.45) is 16.0 Å². The van der Waals surface area contributed by atoms with Crippen molar-refractivity contribution in [3.63, 3.8) is 0 Å². The van der Waals surface area contributed by atoms with Gasteiger partial charge < -0.3 is 9.47 Å². The smallest absolute Gasteiger partial charge is 0.280 e. The average Bonchev–Trinajstić information content (AvgIpc) is 3.52. The summed E-state index contributed by atoms with van der Waals surface area (Å²) in [5.41, 5.74) is 5.43. The standard InChI is InChI=1S/C23H26F2N6O2S/c1-12-30(2)28-21(33-12)14-7-8-17(27-23-29-31(3)22(34-23)13-5-6-13)15(9-14)16-10-18(20(24)25)26-11-19(16)32-4/h7-13,20,22H,5-6H2,1-4H3,(H,27,29). The van der Waals surface area contributed by atoms with Gasteiger partial charge in [-0.05, 0) is 49.9 Å². The van der Waals surface area contributed by atoms with Gasteiger partial charge in [0.15, 0.2) is 11.4 Å². The summed E-state index contributed by atoms with van der Waals surface area (Å²) in [6, 6.07) is 6.92. The Bertz CT molecular complexity index is 1160. The highest BCUT2D eigenvalue weighted by molar-refractivity contribution is 8.14. The molecule has 1 aromatic carbocycles. The number of pyridine rings is 1. The molecule has 0 bridgehead atoms. The highest BCUT2D eigenvalue weighted by atomic mass is 32.2. The average molecular weight is 489 g/mol. The second-order valence-electron chi connectivity index (χ2n) is 8.52. The Balaban J connectivity index is 1.60. The van der Waals surface area contributed by atoms with Gasteiger partial charge in [-0.15, -0.1) is 5.10 Å². The van der Waals surface area contributed by atoms with Crippen molar-refractivity contribution in [2.45, 2.75) is 37.8 Å². The molecule has 2 fully saturated rings. The largest absolute Gasteiger partial charge is 0.494 e. The molecular weight excluding hydrogens is 462 g/mol. The van der Waals surface area contributed by atoms with Gasteiger partial charge in [-0.1, -0.05) is 11.8 Å². The Morgan fingerprint density at radius 3 is 2.68 bits per heavy atom. The molecular formula is C23H26F2N6O2S. The van der Waals surface area contributed by atoms with Crippen LogP contribution in [0.1, 0.15) is 37.4 Å². The first-order valence-electron chi connectivity index (χ1n) is 11.0. The minimum absolute atomic E-state index is 0.201. The van der Waals surface area contributed by atoms with Crippen molar-refractivity contribution in [3.05, 3.63) is 41.7 Å². The number of benzene rings is 1. The molecule has 8 nitrogen and oxygen atoms in total. The van der Waals surface area contributed by atoms with Crippen LogP contribution in [0.25, 0.3) is 11.1 Å². The molecule has 0 amide bonds. The zero-order valence-electron chi connectivity index (χ0n) is 19.3. The Kier molecular flexibility index (Phi) is 6.07. The number of aromatic nitrogens is 1. The summed E-state index contributed by atoms with van der Waals surface area (Å²) < 4.78 is 38.4. The quantitative estimate of drug-likeness (QED) is 0.638. The van der Waals surface area contributed by atoms with E-state index >= 15 is 0 Å². The number of thioether (sulfide) groups is 1. The van der Waals surface area contributed by atoms with Crippen LogP contribution in [0.5, 0.6) is 5.75 Å². The highest BCUT2D eigenvalue weighted by Crippen LogP contribution is 2.44. The number of hydrogen-bond donors (Lipinski definition) is 1. The molecule has 1 saturated carbocycles. The lowest BCUT2D eigenvalue weighted by atomic mass is 10.00. The molecule has 5 rings (SSSR count). The lowest BCUT2D eigenvalue weighted by Gasteiger charge is -2.15. The highest BCUT2D eigenvalue weighted by Gasteiger charge is 2.39. The topological polar surface area (TPSA) is 74.6 Å². The van der Waals surface area contributed by atoms with Gasteiger partial charge in [0.1, 0.15) is 11.4 Å². The molecule has 0 spiro atoms. The second-order valence-corrected chi connectivity index (χ2v) is 9.63. The molecule has 2 atom stereocenters. The van der Waals surface area contributed by atoms with E-state index in [1.807, 2.05) is 39.2 Å². The summed E-state index contributed by atoms with van der Waals surface area (Å²) >= 11 is 1.68. The van der Waals surface area contributed by atoms with Crippen LogP contribution >= 0.6 is 11.8 Å². The fourth-order valence-corrected chi connectivity index (χ4v) is 5.19. The Hall–Kier alpha value is -2.92. The minimum Gasteiger partial charge on any atom is -0.494 e. The van der Waals surface area contributed by atoms with Crippen molar-refractivity contribution in [3.8, 4) is 16.9 Å². The molecule has 1 saturated heterocycles. The number of amidine groups is 1. The first kappa shape index (κ1) is 22.9. The van der Waals surface area contributed by atoms with Gasteiger partial charge in [0.2, 0.25) is 5.90 Å². The summed E-state index contributed by atoms with van der Waals surface area (Å²) in [6.07, 6.45) is 0.847. The molecule has 180 valence electrons. The molecule has 3 aliphatic rings. The van der Waals surface area contributed by atoms with E-state index in [4.69, 9.17) is 14.5 Å². The van der Waals surface area contributed by atoms with Crippen molar-refractivity contribution >= 4 is 28.5 Å². The van der Waals surface area contributed by atoms with Gasteiger partial charge in [-0.25, -0.2) is 18.8 Å². The number of nitrogens with one attached hydrogen (secondary N) is 1. The van der Waals surface area contributed by atoms with Crippen LogP contribution in [0, 0.1) is 5.92 Å². The van der Waals surface area contributed by atoms with Crippen LogP contribution in [0.3, 0.4) is 0 Å². The van der Waals surface area contributed by atoms with E-state index in [0.29, 0.717) is 45.3 Å². The van der Waals surface area contributed by atoms with E-state index < -0.39 is 6.43 Å². The summed E-state index contributed by atoms with van der Waals surface area (Å²) in [5, 5.41) is 9.34. The Labute approximate surface area is 201 Å². The number of halogens is 2. The van der Waals surface area contributed by atoms with E-state index in [-0.39, 0.29) is 11.9 Å². The summed E-state index contributed by atoms with van der Waals surface area (Å²) in [4.78, 5) is 8.71. The van der Waals surface area contributed by atoms with Gasteiger partial charge in [0.25, 0.3) is 6.43 Å². The van der Waals surface area contributed by atoms with Crippen molar-refractivity contribution in [2.75, 3.05) is 21.2 Å². The molecule has 2 unspecified atom stereocenters. The fraction of sp³-hybridized carbons (Fsp3) is 0.435. The number of rotatable bonds is 6. The number of hydrazine groups is 1. The van der Waals surface area contributed by atoms with E-state index in [1.165, 1.54) is 32.2 Å². The molecule has 0 radical (unpaired) electrons. The number of aliphatic imine (C=N–C) groups is 1.